The van der Waals surface area contributed by atoms with Crippen LogP contribution in [0.5, 0.6) is 0 Å². The van der Waals surface area contributed by atoms with E-state index in [1.165, 1.54) is 12.1 Å². The van der Waals surface area contributed by atoms with E-state index >= 15 is 0 Å². The Morgan fingerprint density at radius 2 is 1.81 bits per heavy atom. The topological polar surface area (TPSA) is 82.2 Å². The number of carbonyl (C=O) groups is 1. The monoisotopic (exact) mass is 500 g/mol. The number of hydrogen-bond acceptors (Lipinski definition) is 5. The van der Waals surface area contributed by atoms with Crippen molar-refractivity contribution in [3.05, 3.63) is 40.5 Å². The molecule has 1 aromatic heterocycles. The van der Waals surface area contributed by atoms with Crippen molar-refractivity contribution >= 4 is 39.4 Å². The molecule has 1 aliphatic carbocycles. The second kappa shape index (κ2) is 9.71. The molecule has 1 aliphatic rings. The number of halogens is 4. The van der Waals surface area contributed by atoms with Gasteiger partial charge in [-0.15, -0.1) is 0 Å². The van der Waals surface area contributed by atoms with Crippen LogP contribution in [0.2, 0.25) is 0 Å². The Balaban J connectivity index is 1.51. The van der Waals surface area contributed by atoms with Crippen LogP contribution in [-0.2, 0) is 6.18 Å². The summed E-state index contributed by atoms with van der Waals surface area (Å²) in [6.45, 7) is 0. The van der Waals surface area contributed by atoms with Gasteiger partial charge in [0.05, 0.1) is 11.3 Å². The maximum atomic E-state index is 13.2. The van der Waals surface area contributed by atoms with Crippen LogP contribution in [0, 0.1) is 0 Å². The smallest absolute Gasteiger partial charge is 0.363 e. The minimum atomic E-state index is -4.57. The van der Waals surface area contributed by atoms with E-state index in [0.717, 1.165) is 24.7 Å². The van der Waals surface area contributed by atoms with Crippen LogP contribution in [0.1, 0.15) is 31.2 Å². The first-order valence-corrected chi connectivity index (χ1v) is 10.6. The van der Waals surface area contributed by atoms with Crippen molar-refractivity contribution in [3.63, 3.8) is 0 Å². The molecule has 0 spiro atoms. The molecule has 7 nitrogen and oxygen atoms in total. The molecule has 0 bridgehead atoms. The van der Waals surface area contributed by atoms with E-state index in [2.05, 4.69) is 41.8 Å². The first kappa shape index (κ1) is 23.1. The summed E-state index contributed by atoms with van der Waals surface area (Å²) in [5.74, 6) is 1.35. The van der Waals surface area contributed by atoms with E-state index < -0.39 is 17.8 Å². The van der Waals surface area contributed by atoms with Gasteiger partial charge in [0.25, 0.3) is 0 Å². The molecule has 1 saturated carbocycles. The minimum Gasteiger partial charge on any atom is -0.363 e. The third-order valence-corrected chi connectivity index (χ3v) is 5.52. The van der Waals surface area contributed by atoms with Crippen LogP contribution in [0.4, 0.5) is 35.4 Å². The summed E-state index contributed by atoms with van der Waals surface area (Å²) >= 11 is 3.03. The fourth-order valence-corrected chi connectivity index (χ4v) is 3.80. The molecule has 3 rings (SSSR count). The molecule has 0 atom stereocenters. The van der Waals surface area contributed by atoms with Crippen molar-refractivity contribution in [3.8, 4) is 0 Å². The largest absolute Gasteiger partial charge is 0.418 e. The Bertz CT molecular complexity index is 916. The summed E-state index contributed by atoms with van der Waals surface area (Å²) in [4.78, 5) is 22.9. The van der Waals surface area contributed by atoms with Crippen LogP contribution >= 0.6 is 15.9 Å². The predicted octanol–water partition coefficient (Wildman–Crippen LogP) is 4.87. The molecule has 2 aromatic rings. The van der Waals surface area contributed by atoms with Gasteiger partial charge in [0.1, 0.15) is 5.82 Å². The summed E-state index contributed by atoms with van der Waals surface area (Å²) in [6.07, 6.45) is 0.0939. The standard InChI is InChI=1S/C20H24BrF3N6O/c1-30(2)17-9-10-25-18(29-17)26-13-4-6-14(7-5-13)27-19(31)28-16-8-3-12(21)11-15(16)20(22,23)24/h3,8-11,13-14H,4-7H2,1-2H3,(H,25,26,29)(H2,27,28,31). The minimum absolute atomic E-state index is 0.114. The van der Waals surface area contributed by atoms with Gasteiger partial charge in [-0.05, 0) is 49.9 Å². The molecule has 0 aliphatic heterocycles. The van der Waals surface area contributed by atoms with Gasteiger partial charge in [-0.3, -0.25) is 0 Å². The second-order valence-corrected chi connectivity index (χ2v) is 8.53. The fourth-order valence-electron chi connectivity index (χ4n) is 3.44. The Hall–Kier alpha value is -2.56. The van der Waals surface area contributed by atoms with Gasteiger partial charge in [0.15, 0.2) is 0 Å². The number of amides is 2. The lowest BCUT2D eigenvalue weighted by Crippen LogP contribution is -2.42. The number of carbonyl (C=O) groups excluding carboxylic acids is 1. The average Bonchev–Trinajstić information content (AvgIpc) is 2.70. The molecule has 1 aromatic carbocycles. The average molecular weight is 501 g/mol. The lowest BCUT2D eigenvalue weighted by molar-refractivity contribution is -0.136. The van der Waals surface area contributed by atoms with E-state index in [1.807, 2.05) is 25.1 Å². The molecule has 1 fully saturated rings. The number of rotatable bonds is 5. The zero-order chi connectivity index (χ0) is 22.6. The fraction of sp³-hybridized carbons (Fsp3) is 0.450. The predicted molar refractivity (Wildman–Crippen MR) is 117 cm³/mol. The number of aromatic nitrogens is 2. The van der Waals surface area contributed by atoms with Crippen molar-refractivity contribution in [2.45, 2.75) is 43.9 Å². The molecular formula is C20H24BrF3N6O. The van der Waals surface area contributed by atoms with Crippen molar-refractivity contribution in [2.75, 3.05) is 29.6 Å². The summed E-state index contributed by atoms with van der Waals surface area (Å²) in [6, 6.07) is 4.86. The number of nitrogens with zero attached hydrogens (tertiary/aromatic N) is 3. The third kappa shape index (κ3) is 6.46. The molecule has 0 radical (unpaired) electrons. The zero-order valence-electron chi connectivity index (χ0n) is 17.1. The second-order valence-electron chi connectivity index (χ2n) is 7.61. The van der Waals surface area contributed by atoms with Gasteiger partial charge in [0, 0.05) is 36.8 Å². The highest BCUT2D eigenvalue weighted by Crippen LogP contribution is 2.36. The highest BCUT2D eigenvalue weighted by molar-refractivity contribution is 9.10. The molecule has 3 N–H and O–H groups in total. The van der Waals surface area contributed by atoms with E-state index in [-0.39, 0.29) is 22.2 Å². The van der Waals surface area contributed by atoms with Gasteiger partial charge in [-0.25, -0.2) is 9.78 Å². The van der Waals surface area contributed by atoms with Crippen molar-refractivity contribution in [1.82, 2.24) is 15.3 Å². The molecule has 168 valence electrons. The third-order valence-electron chi connectivity index (χ3n) is 5.03. The number of alkyl halides is 3. The number of urea groups is 1. The Morgan fingerprint density at radius 3 is 2.45 bits per heavy atom. The zero-order valence-corrected chi connectivity index (χ0v) is 18.7. The molecule has 1 heterocycles. The molecule has 2 amide bonds. The van der Waals surface area contributed by atoms with E-state index in [9.17, 15) is 18.0 Å². The van der Waals surface area contributed by atoms with E-state index in [1.54, 1.807) is 6.20 Å². The van der Waals surface area contributed by atoms with Crippen LogP contribution in [-0.4, -0.2) is 42.2 Å². The number of benzene rings is 1. The first-order valence-electron chi connectivity index (χ1n) is 9.83. The quantitative estimate of drug-likeness (QED) is 0.545. The maximum Gasteiger partial charge on any atom is 0.418 e. The summed E-state index contributed by atoms with van der Waals surface area (Å²) in [5, 5.41) is 8.42. The molecule has 11 heteroatoms. The van der Waals surface area contributed by atoms with Gasteiger partial charge in [-0.2, -0.15) is 18.2 Å². The molecule has 31 heavy (non-hydrogen) atoms. The van der Waals surface area contributed by atoms with Gasteiger partial charge >= 0.3 is 12.2 Å². The first-order chi connectivity index (χ1) is 14.6. The highest BCUT2D eigenvalue weighted by atomic mass is 79.9. The van der Waals surface area contributed by atoms with Crippen LogP contribution < -0.4 is 20.9 Å². The lowest BCUT2D eigenvalue weighted by atomic mass is 9.91. The Kier molecular flexibility index (Phi) is 7.24. The number of anilines is 3. The lowest BCUT2D eigenvalue weighted by Gasteiger charge is -2.30. The van der Waals surface area contributed by atoms with Gasteiger partial charge < -0.3 is 20.9 Å². The summed E-state index contributed by atoms with van der Waals surface area (Å²) < 4.78 is 39.9. The van der Waals surface area contributed by atoms with Crippen molar-refractivity contribution < 1.29 is 18.0 Å². The van der Waals surface area contributed by atoms with Crippen LogP contribution in [0.3, 0.4) is 0 Å². The molecular weight excluding hydrogens is 477 g/mol. The Morgan fingerprint density at radius 1 is 1.13 bits per heavy atom. The van der Waals surface area contributed by atoms with Gasteiger partial charge in [0.2, 0.25) is 5.95 Å². The number of hydrogen-bond donors (Lipinski definition) is 3. The van der Waals surface area contributed by atoms with E-state index in [4.69, 9.17) is 0 Å². The van der Waals surface area contributed by atoms with Crippen LogP contribution in [0.25, 0.3) is 0 Å². The maximum absolute atomic E-state index is 13.2. The van der Waals surface area contributed by atoms with Crippen molar-refractivity contribution in [1.29, 1.82) is 0 Å². The molecule has 0 unspecified atom stereocenters. The summed E-state index contributed by atoms with van der Waals surface area (Å²) in [5.41, 5.74) is -1.17. The normalized spacial score (nSPS) is 18.9. The van der Waals surface area contributed by atoms with E-state index in [0.29, 0.717) is 18.8 Å². The SMILES string of the molecule is CN(C)c1ccnc(NC2CCC(NC(=O)Nc3ccc(Br)cc3C(F)(F)F)CC2)n1. The Labute approximate surface area is 187 Å². The molecule has 0 saturated heterocycles. The summed E-state index contributed by atoms with van der Waals surface area (Å²) in [7, 11) is 3.81. The van der Waals surface area contributed by atoms with Crippen molar-refractivity contribution in [2.24, 2.45) is 0 Å². The van der Waals surface area contributed by atoms with Crippen LogP contribution in [0.15, 0.2) is 34.9 Å². The van der Waals surface area contributed by atoms with Gasteiger partial charge in [-0.1, -0.05) is 15.9 Å². The highest BCUT2D eigenvalue weighted by Gasteiger charge is 2.34. The number of nitrogens with one attached hydrogen (secondary N) is 3.